The van der Waals surface area contributed by atoms with Gasteiger partial charge < -0.3 is 9.73 Å². The van der Waals surface area contributed by atoms with Crippen LogP contribution in [0, 0.1) is 5.82 Å². The van der Waals surface area contributed by atoms with Crippen molar-refractivity contribution in [2.45, 2.75) is 24.9 Å². The Hall–Kier alpha value is -3.33. The van der Waals surface area contributed by atoms with Gasteiger partial charge in [-0.25, -0.2) is 9.07 Å². The smallest absolute Gasteiger partial charge is 0.237 e. The number of nitrogens with one attached hydrogen (secondary N) is 1. The Balaban J connectivity index is 1.36. The molecule has 30 heavy (non-hydrogen) atoms. The summed E-state index contributed by atoms with van der Waals surface area (Å²) in [6.07, 6.45) is 8.36. The molecular weight excluding hydrogens is 387 g/mol. The van der Waals surface area contributed by atoms with E-state index in [-0.39, 0.29) is 23.8 Å². The number of hydrogen-bond donors (Lipinski definition) is 1. The van der Waals surface area contributed by atoms with E-state index in [1.165, 1.54) is 12.1 Å². The monoisotopic (exact) mass is 410 g/mol. The molecule has 1 amide bonds. The maximum absolute atomic E-state index is 13.0. The Bertz CT molecular complexity index is 956. The number of furan rings is 1. The zero-order valence-electron chi connectivity index (χ0n) is 16.4. The molecule has 3 aromatic rings. The number of tetrazole rings is 1. The molecule has 0 unspecified atom stereocenters. The predicted molar refractivity (Wildman–Crippen MR) is 108 cm³/mol. The molecule has 2 atom stereocenters. The maximum Gasteiger partial charge on any atom is 0.237 e. The highest BCUT2D eigenvalue weighted by Crippen LogP contribution is 2.26. The van der Waals surface area contributed by atoms with E-state index in [4.69, 9.17) is 4.42 Å². The Labute approximate surface area is 173 Å². The molecule has 0 spiro atoms. The molecule has 1 aromatic carbocycles. The van der Waals surface area contributed by atoms with Crippen LogP contribution in [0.1, 0.15) is 23.8 Å². The highest BCUT2D eigenvalue weighted by Gasteiger charge is 2.37. The van der Waals surface area contributed by atoms with Gasteiger partial charge in [0.2, 0.25) is 5.91 Å². The van der Waals surface area contributed by atoms with Gasteiger partial charge in [0, 0.05) is 19.6 Å². The van der Waals surface area contributed by atoms with Gasteiger partial charge in [-0.15, -0.1) is 5.10 Å². The summed E-state index contributed by atoms with van der Waals surface area (Å²) in [5, 5.41) is 14.4. The third kappa shape index (κ3) is 4.98. The van der Waals surface area contributed by atoms with Crippen LogP contribution >= 0.6 is 0 Å². The minimum Gasteiger partial charge on any atom is -0.465 e. The molecule has 1 aliphatic rings. The molecule has 1 saturated heterocycles. The number of carbonyl (C=O) groups excluding carboxylic acids is 1. The number of hydrogen-bond acceptors (Lipinski definition) is 6. The van der Waals surface area contributed by atoms with Crippen molar-refractivity contribution in [1.29, 1.82) is 0 Å². The minimum atomic E-state index is -0.284. The average molecular weight is 410 g/mol. The quantitative estimate of drug-likeness (QED) is 0.612. The summed E-state index contributed by atoms with van der Waals surface area (Å²) in [5.74, 6) is 0.478. The van der Waals surface area contributed by atoms with E-state index in [1.807, 2.05) is 24.3 Å². The zero-order valence-corrected chi connectivity index (χ0v) is 16.4. The number of amides is 1. The molecule has 3 heterocycles. The molecule has 0 bridgehead atoms. The van der Waals surface area contributed by atoms with Crippen LogP contribution in [0.25, 0.3) is 6.08 Å². The molecule has 9 heteroatoms. The second kappa shape index (κ2) is 9.45. The Kier molecular flexibility index (Phi) is 6.29. The van der Waals surface area contributed by atoms with Gasteiger partial charge in [-0.1, -0.05) is 18.2 Å². The van der Waals surface area contributed by atoms with Gasteiger partial charge >= 0.3 is 0 Å². The molecule has 1 fully saturated rings. The van der Waals surface area contributed by atoms with Crippen LogP contribution in [-0.2, 0) is 11.2 Å². The minimum absolute atomic E-state index is 0.0286. The number of likely N-dealkylation sites (tertiary alicyclic amines) is 1. The molecule has 1 N–H and O–H groups in total. The van der Waals surface area contributed by atoms with Crippen LogP contribution in [0.4, 0.5) is 4.39 Å². The van der Waals surface area contributed by atoms with E-state index in [1.54, 1.807) is 29.4 Å². The molecular formula is C21H23FN6O2. The number of rotatable bonds is 8. The fraction of sp³-hybridized carbons (Fsp3) is 0.333. The molecule has 1 aliphatic heterocycles. The van der Waals surface area contributed by atoms with Gasteiger partial charge in [0.1, 0.15) is 17.9 Å². The average Bonchev–Trinajstić information content (AvgIpc) is 3.51. The summed E-state index contributed by atoms with van der Waals surface area (Å²) >= 11 is 0. The highest BCUT2D eigenvalue weighted by atomic mass is 19.1. The third-order valence-electron chi connectivity index (χ3n) is 5.21. The zero-order chi connectivity index (χ0) is 20.8. The first-order chi connectivity index (χ1) is 14.7. The van der Waals surface area contributed by atoms with Gasteiger partial charge in [0.05, 0.1) is 18.3 Å². The fourth-order valence-corrected chi connectivity index (χ4v) is 3.67. The fourth-order valence-electron chi connectivity index (χ4n) is 3.67. The first-order valence-electron chi connectivity index (χ1n) is 9.88. The lowest BCUT2D eigenvalue weighted by molar-refractivity contribution is -0.125. The van der Waals surface area contributed by atoms with E-state index in [9.17, 15) is 9.18 Å². The molecule has 8 nitrogen and oxygen atoms in total. The van der Waals surface area contributed by atoms with Crippen LogP contribution in [0.3, 0.4) is 0 Å². The van der Waals surface area contributed by atoms with Crippen molar-refractivity contribution in [3.8, 4) is 0 Å². The van der Waals surface area contributed by atoms with Gasteiger partial charge in [-0.3, -0.25) is 9.69 Å². The number of nitrogens with zero attached hydrogens (tertiary/aromatic N) is 5. The van der Waals surface area contributed by atoms with Gasteiger partial charge in [-0.2, -0.15) is 0 Å². The number of carbonyl (C=O) groups is 1. The Morgan fingerprint density at radius 3 is 2.90 bits per heavy atom. The van der Waals surface area contributed by atoms with Crippen molar-refractivity contribution in [3.63, 3.8) is 0 Å². The summed E-state index contributed by atoms with van der Waals surface area (Å²) in [6, 6.07) is 9.78. The van der Waals surface area contributed by atoms with E-state index >= 15 is 0 Å². The van der Waals surface area contributed by atoms with Gasteiger partial charge in [-0.05, 0) is 59.2 Å². The molecule has 156 valence electrons. The molecule has 0 aliphatic carbocycles. The largest absolute Gasteiger partial charge is 0.465 e. The molecule has 4 rings (SSSR count). The van der Waals surface area contributed by atoms with Crippen molar-refractivity contribution < 1.29 is 13.6 Å². The van der Waals surface area contributed by atoms with Crippen molar-refractivity contribution in [2.24, 2.45) is 0 Å². The van der Waals surface area contributed by atoms with Crippen LogP contribution in [0.5, 0.6) is 0 Å². The molecule has 0 radical (unpaired) electrons. The Morgan fingerprint density at radius 1 is 1.30 bits per heavy atom. The molecule has 0 saturated carbocycles. The van der Waals surface area contributed by atoms with E-state index in [0.29, 0.717) is 32.5 Å². The summed E-state index contributed by atoms with van der Waals surface area (Å²) < 4.78 is 20.0. The Morgan fingerprint density at radius 2 is 2.17 bits per heavy atom. The first-order valence-corrected chi connectivity index (χ1v) is 9.88. The number of benzene rings is 1. The number of halogens is 1. The standard InChI is InChI=1S/C21H23FN6O2/c22-17-7-5-16(6-8-17)9-10-23-21(29)20-13-18(28-15-24-25-26-28)14-27(20)11-1-3-19-4-2-12-30-19/h1-8,12,15,18,20H,9-11,13-14H2,(H,23,29)/b3-1+/t18-,20+/m1/s1. The predicted octanol–water partition coefficient (Wildman–Crippen LogP) is 2.09. The lowest BCUT2D eigenvalue weighted by Gasteiger charge is -2.21. The van der Waals surface area contributed by atoms with Crippen LogP contribution in [0.2, 0.25) is 0 Å². The van der Waals surface area contributed by atoms with Crippen LogP contribution in [0.15, 0.2) is 59.5 Å². The first kappa shape index (κ1) is 20.0. The van der Waals surface area contributed by atoms with E-state index in [2.05, 4.69) is 25.7 Å². The van der Waals surface area contributed by atoms with Gasteiger partial charge in [0.25, 0.3) is 0 Å². The topological polar surface area (TPSA) is 89.1 Å². The second-order valence-electron chi connectivity index (χ2n) is 7.23. The lowest BCUT2D eigenvalue weighted by atomic mass is 10.1. The third-order valence-corrected chi connectivity index (χ3v) is 5.21. The van der Waals surface area contributed by atoms with Gasteiger partial charge in [0.15, 0.2) is 0 Å². The van der Waals surface area contributed by atoms with Crippen LogP contribution in [-0.4, -0.2) is 56.7 Å². The van der Waals surface area contributed by atoms with Crippen molar-refractivity contribution >= 4 is 12.0 Å². The summed E-state index contributed by atoms with van der Waals surface area (Å²) in [6.45, 7) is 1.77. The van der Waals surface area contributed by atoms with E-state index in [0.717, 1.165) is 11.3 Å². The summed E-state index contributed by atoms with van der Waals surface area (Å²) in [7, 11) is 0. The summed E-state index contributed by atoms with van der Waals surface area (Å²) in [5.41, 5.74) is 0.980. The lowest BCUT2D eigenvalue weighted by Crippen LogP contribution is -2.43. The maximum atomic E-state index is 13.0. The second-order valence-corrected chi connectivity index (χ2v) is 7.23. The van der Waals surface area contributed by atoms with Crippen LogP contribution < -0.4 is 5.32 Å². The van der Waals surface area contributed by atoms with Crippen molar-refractivity contribution in [3.05, 3.63) is 72.2 Å². The molecule has 2 aromatic heterocycles. The van der Waals surface area contributed by atoms with Crippen molar-refractivity contribution in [1.82, 2.24) is 30.4 Å². The van der Waals surface area contributed by atoms with E-state index < -0.39 is 0 Å². The highest BCUT2D eigenvalue weighted by molar-refractivity contribution is 5.82. The normalized spacial score (nSPS) is 19.5. The summed E-state index contributed by atoms with van der Waals surface area (Å²) in [4.78, 5) is 15.0. The van der Waals surface area contributed by atoms with Crippen molar-refractivity contribution in [2.75, 3.05) is 19.6 Å². The SMILES string of the molecule is O=C(NCCc1ccc(F)cc1)[C@@H]1C[C@@H](n2cnnn2)CN1C/C=C/c1ccco1. The number of aromatic nitrogens is 4.